The van der Waals surface area contributed by atoms with Crippen molar-refractivity contribution in [3.8, 4) is 11.3 Å². The Morgan fingerprint density at radius 3 is 2.62 bits per heavy atom. The van der Waals surface area contributed by atoms with Crippen molar-refractivity contribution in [3.05, 3.63) is 41.4 Å². The Morgan fingerprint density at radius 1 is 1.19 bits per heavy atom. The zero-order valence-corrected chi connectivity index (χ0v) is 10.1. The lowest BCUT2D eigenvalue weighted by Crippen LogP contribution is -1.84. The number of rotatable bonds is 4. The minimum atomic E-state index is 0.624. The van der Waals surface area contributed by atoms with Crippen molar-refractivity contribution >= 4 is 23.2 Å². The van der Waals surface area contributed by atoms with E-state index in [9.17, 15) is 0 Å². The van der Waals surface area contributed by atoms with Crippen LogP contribution in [0.4, 0.5) is 0 Å². The van der Waals surface area contributed by atoms with Gasteiger partial charge in [-0.25, -0.2) is 4.98 Å². The number of oxazole rings is 1. The highest BCUT2D eigenvalue weighted by Crippen LogP contribution is 2.22. The second-order valence-electron chi connectivity index (χ2n) is 3.42. The van der Waals surface area contributed by atoms with Gasteiger partial charge in [0.1, 0.15) is 0 Å². The van der Waals surface area contributed by atoms with Gasteiger partial charge < -0.3 is 4.42 Å². The quantitative estimate of drug-likeness (QED) is 0.767. The van der Waals surface area contributed by atoms with Crippen LogP contribution < -0.4 is 0 Å². The molecule has 1 aromatic carbocycles. The lowest BCUT2D eigenvalue weighted by atomic mass is 10.2. The molecule has 0 amide bonds. The van der Waals surface area contributed by atoms with Crippen LogP contribution in [0.25, 0.3) is 11.3 Å². The number of benzene rings is 1. The molecule has 2 rings (SSSR count). The molecule has 0 aliphatic heterocycles. The third-order valence-corrected chi connectivity index (χ3v) is 2.73. The molecule has 0 spiro atoms. The summed E-state index contributed by atoms with van der Waals surface area (Å²) in [7, 11) is 0. The van der Waals surface area contributed by atoms with Crippen molar-refractivity contribution < 1.29 is 4.42 Å². The number of nitrogens with zero attached hydrogens (tertiary/aromatic N) is 1. The molecule has 16 heavy (non-hydrogen) atoms. The Bertz CT molecular complexity index is 450. The van der Waals surface area contributed by atoms with Gasteiger partial charge in [-0.3, -0.25) is 0 Å². The molecular weight excluding hydrogens is 245 g/mol. The molecule has 1 heterocycles. The average molecular weight is 256 g/mol. The van der Waals surface area contributed by atoms with E-state index in [0.717, 1.165) is 30.1 Å². The molecular formula is C12H11Cl2NO. The van der Waals surface area contributed by atoms with Gasteiger partial charge in [-0.05, 0) is 30.7 Å². The van der Waals surface area contributed by atoms with Crippen LogP contribution in [-0.2, 0) is 6.42 Å². The van der Waals surface area contributed by atoms with E-state index in [1.165, 1.54) is 0 Å². The fraction of sp³-hybridized carbons (Fsp3) is 0.250. The summed E-state index contributed by atoms with van der Waals surface area (Å²) in [5, 5.41) is 0.714. The molecule has 0 aliphatic rings. The third-order valence-electron chi connectivity index (χ3n) is 2.21. The van der Waals surface area contributed by atoms with Crippen LogP contribution in [0.1, 0.15) is 12.3 Å². The SMILES string of the molecule is ClCCCc1ncc(-c2ccc(Cl)cc2)o1. The average Bonchev–Trinajstić information content (AvgIpc) is 2.76. The fourth-order valence-corrected chi connectivity index (χ4v) is 1.65. The Hall–Kier alpha value is -0.990. The molecule has 2 nitrogen and oxygen atoms in total. The van der Waals surface area contributed by atoms with Gasteiger partial charge >= 0.3 is 0 Å². The second-order valence-corrected chi connectivity index (χ2v) is 4.23. The predicted molar refractivity (Wildman–Crippen MR) is 66.0 cm³/mol. The maximum absolute atomic E-state index is 5.81. The lowest BCUT2D eigenvalue weighted by Gasteiger charge is -1.96. The normalized spacial score (nSPS) is 10.6. The van der Waals surface area contributed by atoms with Gasteiger partial charge in [0.05, 0.1) is 6.20 Å². The third kappa shape index (κ3) is 2.77. The van der Waals surface area contributed by atoms with Gasteiger partial charge in [-0.2, -0.15) is 0 Å². The molecule has 0 saturated carbocycles. The fourth-order valence-electron chi connectivity index (χ4n) is 1.39. The second kappa shape index (κ2) is 5.37. The largest absolute Gasteiger partial charge is 0.441 e. The van der Waals surface area contributed by atoms with Gasteiger partial charge in [0.25, 0.3) is 0 Å². The summed E-state index contributed by atoms with van der Waals surface area (Å²) in [6, 6.07) is 7.48. The Morgan fingerprint density at radius 2 is 1.94 bits per heavy atom. The summed E-state index contributed by atoms with van der Waals surface area (Å²) in [6.45, 7) is 0. The Kier molecular flexibility index (Phi) is 3.86. The highest BCUT2D eigenvalue weighted by Gasteiger charge is 2.05. The zero-order valence-electron chi connectivity index (χ0n) is 8.62. The highest BCUT2D eigenvalue weighted by atomic mass is 35.5. The molecule has 0 unspecified atom stereocenters. The standard InChI is InChI=1S/C12H11Cl2NO/c13-7-1-2-12-15-8-11(16-12)9-3-5-10(14)6-4-9/h3-6,8H,1-2,7H2. The van der Waals surface area contributed by atoms with Gasteiger partial charge in [-0.15, -0.1) is 11.6 Å². The van der Waals surface area contributed by atoms with E-state index in [0.29, 0.717) is 10.9 Å². The van der Waals surface area contributed by atoms with Crippen LogP contribution in [0, 0.1) is 0 Å². The van der Waals surface area contributed by atoms with Crippen LogP contribution in [0.5, 0.6) is 0 Å². The van der Waals surface area contributed by atoms with Crippen LogP contribution in [0.15, 0.2) is 34.9 Å². The molecule has 0 radical (unpaired) electrons. The first kappa shape index (κ1) is 11.5. The van der Waals surface area contributed by atoms with Crippen LogP contribution >= 0.6 is 23.2 Å². The number of hydrogen-bond donors (Lipinski definition) is 0. The van der Waals surface area contributed by atoms with Crippen molar-refractivity contribution in [2.24, 2.45) is 0 Å². The molecule has 0 saturated heterocycles. The maximum atomic E-state index is 5.81. The highest BCUT2D eigenvalue weighted by molar-refractivity contribution is 6.30. The van der Waals surface area contributed by atoms with E-state index in [2.05, 4.69) is 4.98 Å². The molecule has 0 bridgehead atoms. The summed E-state index contributed by atoms with van der Waals surface area (Å²) in [5.74, 6) is 2.12. The minimum absolute atomic E-state index is 0.624. The zero-order chi connectivity index (χ0) is 11.4. The van der Waals surface area contributed by atoms with E-state index < -0.39 is 0 Å². The predicted octanol–water partition coefficient (Wildman–Crippen LogP) is 4.17. The Balaban J connectivity index is 2.15. The van der Waals surface area contributed by atoms with Gasteiger partial charge in [-0.1, -0.05) is 11.6 Å². The molecule has 4 heteroatoms. The summed E-state index contributed by atoms with van der Waals surface area (Å²) >= 11 is 11.4. The molecule has 84 valence electrons. The number of aryl methyl sites for hydroxylation is 1. The topological polar surface area (TPSA) is 26.0 Å². The van der Waals surface area contributed by atoms with E-state index in [-0.39, 0.29) is 0 Å². The number of aromatic nitrogens is 1. The Labute approximate surface area is 104 Å². The van der Waals surface area contributed by atoms with Crippen molar-refractivity contribution in [1.82, 2.24) is 4.98 Å². The van der Waals surface area contributed by atoms with Crippen LogP contribution in [0.2, 0.25) is 5.02 Å². The molecule has 0 aliphatic carbocycles. The van der Waals surface area contributed by atoms with Crippen LogP contribution in [0.3, 0.4) is 0 Å². The molecule has 1 aromatic heterocycles. The smallest absolute Gasteiger partial charge is 0.194 e. The molecule has 0 N–H and O–H groups in total. The lowest BCUT2D eigenvalue weighted by molar-refractivity contribution is 0.503. The van der Waals surface area contributed by atoms with Gasteiger partial charge in [0.15, 0.2) is 11.7 Å². The van der Waals surface area contributed by atoms with E-state index in [4.69, 9.17) is 27.6 Å². The minimum Gasteiger partial charge on any atom is -0.441 e. The van der Waals surface area contributed by atoms with Crippen LogP contribution in [-0.4, -0.2) is 10.9 Å². The first-order valence-corrected chi connectivity index (χ1v) is 5.97. The number of hydrogen-bond acceptors (Lipinski definition) is 2. The summed E-state index contributed by atoms with van der Waals surface area (Å²) < 4.78 is 5.60. The van der Waals surface area contributed by atoms with E-state index in [1.807, 2.05) is 24.3 Å². The molecule has 2 aromatic rings. The van der Waals surface area contributed by atoms with E-state index in [1.54, 1.807) is 6.20 Å². The van der Waals surface area contributed by atoms with E-state index >= 15 is 0 Å². The number of alkyl halides is 1. The summed E-state index contributed by atoms with van der Waals surface area (Å²) in [6.07, 6.45) is 3.38. The van der Waals surface area contributed by atoms with Crippen molar-refractivity contribution in [2.45, 2.75) is 12.8 Å². The summed E-state index contributed by atoms with van der Waals surface area (Å²) in [5.41, 5.74) is 0.981. The maximum Gasteiger partial charge on any atom is 0.194 e. The van der Waals surface area contributed by atoms with Gasteiger partial charge in [0.2, 0.25) is 0 Å². The van der Waals surface area contributed by atoms with Crippen molar-refractivity contribution in [2.75, 3.05) is 5.88 Å². The summed E-state index contributed by atoms with van der Waals surface area (Å²) in [4.78, 5) is 4.19. The van der Waals surface area contributed by atoms with Crippen molar-refractivity contribution in [3.63, 3.8) is 0 Å². The number of halogens is 2. The first-order valence-electron chi connectivity index (χ1n) is 5.06. The van der Waals surface area contributed by atoms with Crippen molar-refractivity contribution in [1.29, 1.82) is 0 Å². The monoisotopic (exact) mass is 255 g/mol. The van der Waals surface area contributed by atoms with Gasteiger partial charge in [0, 0.05) is 22.9 Å². The molecule has 0 fully saturated rings. The first-order chi connectivity index (χ1) is 7.79. The molecule has 0 atom stereocenters.